The summed E-state index contributed by atoms with van der Waals surface area (Å²) in [6, 6.07) is 0. The second kappa shape index (κ2) is 4.29. The molecule has 1 N–H and O–H groups in total. The third-order valence-corrected chi connectivity index (χ3v) is 3.87. The van der Waals surface area contributed by atoms with Gasteiger partial charge in [-0.25, -0.2) is 0 Å². The lowest BCUT2D eigenvalue weighted by Crippen LogP contribution is -2.28. The van der Waals surface area contributed by atoms with Crippen LogP contribution in [-0.4, -0.2) is 13.1 Å². The summed E-state index contributed by atoms with van der Waals surface area (Å²) in [6.07, 6.45) is 9.03. The fourth-order valence-corrected chi connectivity index (χ4v) is 2.88. The summed E-state index contributed by atoms with van der Waals surface area (Å²) < 4.78 is 0. The van der Waals surface area contributed by atoms with E-state index in [1.807, 2.05) is 0 Å². The van der Waals surface area contributed by atoms with Gasteiger partial charge in [0.25, 0.3) is 0 Å². The maximum absolute atomic E-state index is 3.63. The molecule has 0 aliphatic heterocycles. The SMILES string of the molecule is CC(C)(C)CCNCC1CC2C=CC1C2. The second-order valence-electron chi connectivity index (χ2n) is 6.56. The molecule has 0 aromatic rings. The lowest BCUT2D eigenvalue weighted by atomic mass is 9.91. The predicted molar refractivity (Wildman–Crippen MR) is 65.8 cm³/mol. The van der Waals surface area contributed by atoms with Crippen molar-refractivity contribution in [1.82, 2.24) is 5.32 Å². The lowest BCUT2D eigenvalue weighted by Gasteiger charge is -2.21. The molecule has 1 fully saturated rings. The van der Waals surface area contributed by atoms with E-state index in [1.165, 1.54) is 32.4 Å². The number of hydrogen-bond acceptors (Lipinski definition) is 1. The third kappa shape index (κ3) is 3.07. The number of allylic oxidation sites excluding steroid dienone is 2. The number of rotatable bonds is 4. The standard InChI is InChI=1S/C14H25N/c1-14(2,3)6-7-15-10-13-9-11-4-5-12(13)8-11/h4-5,11-13,15H,6-10H2,1-3H3. The molecule has 1 saturated carbocycles. The number of nitrogens with one attached hydrogen (secondary N) is 1. The van der Waals surface area contributed by atoms with Crippen LogP contribution in [0.3, 0.4) is 0 Å². The molecule has 2 rings (SSSR count). The maximum atomic E-state index is 3.63. The largest absolute Gasteiger partial charge is 0.316 e. The van der Waals surface area contributed by atoms with Crippen LogP contribution in [0.1, 0.15) is 40.0 Å². The van der Waals surface area contributed by atoms with E-state index in [9.17, 15) is 0 Å². The van der Waals surface area contributed by atoms with Gasteiger partial charge in [0.15, 0.2) is 0 Å². The van der Waals surface area contributed by atoms with E-state index in [-0.39, 0.29) is 0 Å². The molecule has 1 nitrogen and oxygen atoms in total. The van der Waals surface area contributed by atoms with Crippen molar-refractivity contribution in [3.8, 4) is 0 Å². The van der Waals surface area contributed by atoms with Crippen LogP contribution in [0.2, 0.25) is 0 Å². The van der Waals surface area contributed by atoms with E-state index in [0.29, 0.717) is 5.41 Å². The summed E-state index contributed by atoms with van der Waals surface area (Å²) in [6.45, 7) is 9.36. The van der Waals surface area contributed by atoms with Crippen LogP contribution in [0.5, 0.6) is 0 Å². The van der Waals surface area contributed by atoms with Crippen molar-refractivity contribution < 1.29 is 0 Å². The van der Waals surface area contributed by atoms with Crippen LogP contribution in [0, 0.1) is 23.2 Å². The Morgan fingerprint density at radius 1 is 1.20 bits per heavy atom. The van der Waals surface area contributed by atoms with Crippen molar-refractivity contribution in [3.05, 3.63) is 12.2 Å². The van der Waals surface area contributed by atoms with Gasteiger partial charge in [-0.15, -0.1) is 0 Å². The summed E-state index contributed by atoms with van der Waals surface area (Å²) in [5.74, 6) is 2.75. The highest BCUT2D eigenvalue weighted by atomic mass is 14.9. The fraction of sp³-hybridized carbons (Fsp3) is 0.857. The summed E-state index contributed by atoms with van der Waals surface area (Å²) in [7, 11) is 0. The molecule has 1 heteroatoms. The molecule has 0 radical (unpaired) electrons. The minimum atomic E-state index is 0.474. The minimum Gasteiger partial charge on any atom is -0.316 e. The Bertz CT molecular complexity index is 236. The molecule has 0 aromatic heterocycles. The van der Waals surface area contributed by atoms with Gasteiger partial charge in [-0.2, -0.15) is 0 Å². The van der Waals surface area contributed by atoms with Crippen molar-refractivity contribution in [1.29, 1.82) is 0 Å². The van der Waals surface area contributed by atoms with Gasteiger partial charge in [-0.1, -0.05) is 32.9 Å². The van der Waals surface area contributed by atoms with Crippen molar-refractivity contribution in [3.63, 3.8) is 0 Å². The summed E-state index contributed by atoms with van der Waals surface area (Å²) >= 11 is 0. The van der Waals surface area contributed by atoms with Gasteiger partial charge in [0, 0.05) is 0 Å². The zero-order chi connectivity index (χ0) is 10.9. The normalized spacial score (nSPS) is 33.9. The molecular weight excluding hydrogens is 182 g/mol. The van der Waals surface area contributed by atoms with Crippen molar-refractivity contribution in [2.45, 2.75) is 40.0 Å². The van der Waals surface area contributed by atoms with Crippen LogP contribution in [0.15, 0.2) is 12.2 Å². The highest BCUT2D eigenvalue weighted by Gasteiger charge is 2.34. The van der Waals surface area contributed by atoms with Crippen molar-refractivity contribution in [2.24, 2.45) is 23.2 Å². The first-order valence-corrected chi connectivity index (χ1v) is 6.44. The smallest absolute Gasteiger partial charge is 0.00147 e. The van der Waals surface area contributed by atoms with Crippen LogP contribution in [0.4, 0.5) is 0 Å². The van der Waals surface area contributed by atoms with E-state index in [1.54, 1.807) is 0 Å². The van der Waals surface area contributed by atoms with E-state index >= 15 is 0 Å². The summed E-state index contributed by atoms with van der Waals surface area (Å²) in [4.78, 5) is 0. The summed E-state index contributed by atoms with van der Waals surface area (Å²) in [5, 5.41) is 3.63. The van der Waals surface area contributed by atoms with Crippen molar-refractivity contribution >= 4 is 0 Å². The van der Waals surface area contributed by atoms with Crippen LogP contribution >= 0.6 is 0 Å². The predicted octanol–water partition coefficient (Wildman–Crippen LogP) is 3.22. The molecule has 0 amide bonds. The first kappa shape index (κ1) is 11.2. The van der Waals surface area contributed by atoms with Gasteiger partial charge in [0.1, 0.15) is 0 Å². The number of hydrogen-bond donors (Lipinski definition) is 1. The quantitative estimate of drug-likeness (QED) is 0.551. The average Bonchev–Trinajstić information content (AvgIpc) is 2.71. The van der Waals surface area contributed by atoms with Gasteiger partial charge in [0.2, 0.25) is 0 Å². The Kier molecular flexibility index (Phi) is 3.20. The molecule has 2 bridgehead atoms. The zero-order valence-electron chi connectivity index (χ0n) is 10.4. The van der Waals surface area contributed by atoms with Crippen molar-refractivity contribution in [2.75, 3.05) is 13.1 Å². The molecule has 0 saturated heterocycles. The molecule has 0 aromatic carbocycles. The van der Waals surface area contributed by atoms with E-state index < -0.39 is 0 Å². The van der Waals surface area contributed by atoms with E-state index in [2.05, 4.69) is 38.2 Å². The molecule has 15 heavy (non-hydrogen) atoms. The Morgan fingerprint density at radius 2 is 2.00 bits per heavy atom. The second-order valence-corrected chi connectivity index (χ2v) is 6.56. The first-order chi connectivity index (χ1) is 7.04. The minimum absolute atomic E-state index is 0.474. The Morgan fingerprint density at radius 3 is 2.53 bits per heavy atom. The Labute approximate surface area is 94.3 Å². The molecule has 0 heterocycles. The van der Waals surface area contributed by atoms with E-state index in [4.69, 9.17) is 0 Å². The first-order valence-electron chi connectivity index (χ1n) is 6.44. The highest BCUT2D eigenvalue weighted by molar-refractivity contribution is 5.10. The van der Waals surface area contributed by atoms with Gasteiger partial charge in [-0.3, -0.25) is 0 Å². The average molecular weight is 207 g/mol. The molecule has 0 spiro atoms. The monoisotopic (exact) mass is 207 g/mol. The third-order valence-electron chi connectivity index (χ3n) is 3.87. The maximum Gasteiger partial charge on any atom is -0.00147 e. The lowest BCUT2D eigenvalue weighted by molar-refractivity contribution is 0.347. The van der Waals surface area contributed by atoms with Gasteiger partial charge >= 0.3 is 0 Å². The van der Waals surface area contributed by atoms with Gasteiger partial charge in [0.05, 0.1) is 0 Å². The molecule has 2 aliphatic carbocycles. The van der Waals surface area contributed by atoms with E-state index in [0.717, 1.165) is 17.8 Å². The number of fused-ring (bicyclic) bond motifs is 2. The topological polar surface area (TPSA) is 12.0 Å². The Hall–Kier alpha value is -0.300. The van der Waals surface area contributed by atoms with Crippen LogP contribution in [0.25, 0.3) is 0 Å². The van der Waals surface area contributed by atoms with Gasteiger partial charge in [-0.05, 0) is 55.5 Å². The molecule has 3 atom stereocenters. The Balaban J connectivity index is 1.61. The van der Waals surface area contributed by atoms with Gasteiger partial charge < -0.3 is 5.32 Å². The molecule has 86 valence electrons. The zero-order valence-corrected chi connectivity index (χ0v) is 10.4. The van der Waals surface area contributed by atoms with Crippen LogP contribution < -0.4 is 5.32 Å². The molecule has 3 unspecified atom stereocenters. The molecular formula is C14H25N. The fourth-order valence-electron chi connectivity index (χ4n) is 2.88. The summed E-state index contributed by atoms with van der Waals surface area (Å²) in [5.41, 5.74) is 0.474. The van der Waals surface area contributed by atoms with Crippen LogP contribution in [-0.2, 0) is 0 Å². The molecule has 2 aliphatic rings. The highest BCUT2D eigenvalue weighted by Crippen LogP contribution is 2.42.